The van der Waals surface area contributed by atoms with Gasteiger partial charge in [0.25, 0.3) is 0 Å². The Labute approximate surface area is 104 Å². The highest BCUT2D eigenvalue weighted by molar-refractivity contribution is 5.56. The minimum Gasteiger partial charge on any atom is -0.368 e. The summed E-state index contributed by atoms with van der Waals surface area (Å²) < 4.78 is 0. The van der Waals surface area contributed by atoms with E-state index in [1.807, 2.05) is 0 Å². The van der Waals surface area contributed by atoms with Crippen molar-refractivity contribution in [2.24, 2.45) is 11.7 Å². The quantitative estimate of drug-likeness (QED) is 0.842. The van der Waals surface area contributed by atoms with Gasteiger partial charge in [-0.3, -0.25) is 0 Å². The average Bonchev–Trinajstić information content (AvgIpc) is 3.17. The van der Waals surface area contributed by atoms with Crippen molar-refractivity contribution in [1.82, 2.24) is 0 Å². The average molecular weight is 230 g/mol. The summed E-state index contributed by atoms with van der Waals surface area (Å²) in [6.45, 7) is 3.33. The zero-order chi connectivity index (χ0) is 11.8. The molecule has 0 heterocycles. The van der Waals surface area contributed by atoms with Crippen LogP contribution in [0.1, 0.15) is 44.2 Å². The molecule has 2 fully saturated rings. The number of hydrogen-bond donors (Lipinski definition) is 1. The van der Waals surface area contributed by atoms with Crippen molar-refractivity contribution in [3.8, 4) is 0 Å². The molecule has 0 unspecified atom stereocenters. The highest BCUT2D eigenvalue weighted by Gasteiger charge is 2.34. The van der Waals surface area contributed by atoms with Gasteiger partial charge in [0.2, 0.25) is 0 Å². The van der Waals surface area contributed by atoms with E-state index in [1.54, 1.807) is 0 Å². The predicted molar refractivity (Wildman–Crippen MR) is 72.1 cm³/mol. The zero-order valence-corrected chi connectivity index (χ0v) is 10.6. The number of benzene rings is 1. The van der Waals surface area contributed by atoms with Gasteiger partial charge in [-0.05, 0) is 50.2 Å². The minimum absolute atomic E-state index is 0.131. The lowest BCUT2D eigenvalue weighted by molar-refractivity contribution is 0.705. The molecule has 0 aromatic heterocycles. The lowest BCUT2D eigenvalue weighted by Gasteiger charge is -2.28. The molecule has 0 aliphatic heterocycles. The Bertz CT molecular complexity index is 392. The van der Waals surface area contributed by atoms with Crippen LogP contribution in [0.25, 0.3) is 0 Å². The van der Waals surface area contributed by atoms with Gasteiger partial charge in [-0.25, -0.2) is 0 Å². The second-order valence-electron chi connectivity index (χ2n) is 5.67. The van der Waals surface area contributed by atoms with E-state index in [9.17, 15) is 0 Å². The fraction of sp³-hybridized carbons (Fsp3) is 0.600. The van der Waals surface area contributed by atoms with Crippen LogP contribution in [0.3, 0.4) is 0 Å². The Hall–Kier alpha value is -1.02. The van der Waals surface area contributed by atoms with Gasteiger partial charge in [-0.15, -0.1) is 0 Å². The highest BCUT2D eigenvalue weighted by atomic mass is 15.2. The van der Waals surface area contributed by atoms with E-state index in [2.05, 4.69) is 36.1 Å². The summed E-state index contributed by atoms with van der Waals surface area (Å²) in [4.78, 5) is 2.62. The van der Waals surface area contributed by atoms with Gasteiger partial charge in [0.15, 0.2) is 0 Å². The molecule has 17 heavy (non-hydrogen) atoms. The smallest absolute Gasteiger partial charge is 0.0417 e. The molecule has 0 radical (unpaired) electrons. The van der Waals surface area contributed by atoms with Crippen LogP contribution in [0.4, 0.5) is 5.69 Å². The molecule has 2 nitrogen and oxygen atoms in total. The van der Waals surface area contributed by atoms with Gasteiger partial charge in [0, 0.05) is 24.3 Å². The molecule has 1 aromatic rings. The van der Waals surface area contributed by atoms with E-state index in [-0.39, 0.29) is 6.04 Å². The molecular formula is C15H22N2. The minimum atomic E-state index is 0.131. The summed E-state index contributed by atoms with van der Waals surface area (Å²) in [6.07, 6.45) is 5.56. The molecular weight excluding hydrogens is 208 g/mol. The van der Waals surface area contributed by atoms with Crippen LogP contribution in [0.15, 0.2) is 24.3 Å². The lowest BCUT2D eigenvalue weighted by Crippen LogP contribution is -2.29. The molecule has 1 aromatic carbocycles. The van der Waals surface area contributed by atoms with Crippen molar-refractivity contribution in [2.45, 2.75) is 44.7 Å². The van der Waals surface area contributed by atoms with Crippen LogP contribution >= 0.6 is 0 Å². The van der Waals surface area contributed by atoms with Crippen LogP contribution < -0.4 is 10.6 Å². The fourth-order valence-corrected chi connectivity index (χ4v) is 2.54. The number of para-hydroxylation sites is 1. The molecule has 0 saturated heterocycles. The molecule has 1 atom stereocenters. The number of anilines is 1. The molecule has 92 valence electrons. The summed E-state index contributed by atoms with van der Waals surface area (Å²) in [5, 5.41) is 0. The van der Waals surface area contributed by atoms with E-state index in [0.29, 0.717) is 0 Å². The Morgan fingerprint density at radius 2 is 1.94 bits per heavy atom. The van der Waals surface area contributed by atoms with Gasteiger partial charge in [0.1, 0.15) is 0 Å². The first-order valence-electron chi connectivity index (χ1n) is 6.87. The SMILES string of the molecule is C[C@@H](N)c1ccccc1N(CC1CC1)C1CC1. The molecule has 2 N–H and O–H groups in total. The third-order valence-electron chi connectivity index (χ3n) is 3.88. The zero-order valence-electron chi connectivity index (χ0n) is 10.6. The van der Waals surface area contributed by atoms with Crippen molar-refractivity contribution < 1.29 is 0 Å². The third-order valence-corrected chi connectivity index (χ3v) is 3.88. The van der Waals surface area contributed by atoms with Crippen molar-refractivity contribution in [3.05, 3.63) is 29.8 Å². The summed E-state index contributed by atoms with van der Waals surface area (Å²) in [5.41, 5.74) is 8.78. The first-order valence-corrected chi connectivity index (χ1v) is 6.87. The second kappa shape index (κ2) is 4.34. The molecule has 2 saturated carbocycles. The normalized spacial score (nSPS) is 21.3. The molecule has 2 aliphatic rings. The van der Waals surface area contributed by atoms with Gasteiger partial charge < -0.3 is 10.6 Å². The maximum absolute atomic E-state index is 6.09. The van der Waals surface area contributed by atoms with Crippen LogP contribution in [0, 0.1) is 5.92 Å². The molecule has 0 amide bonds. The van der Waals surface area contributed by atoms with E-state index in [4.69, 9.17) is 5.73 Å². The van der Waals surface area contributed by atoms with Crippen LogP contribution in [-0.4, -0.2) is 12.6 Å². The molecule has 3 rings (SSSR count). The van der Waals surface area contributed by atoms with Crippen molar-refractivity contribution in [3.63, 3.8) is 0 Å². The van der Waals surface area contributed by atoms with Crippen LogP contribution in [0.2, 0.25) is 0 Å². The molecule has 0 spiro atoms. The largest absolute Gasteiger partial charge is 0.368 e. The van der Waals surface area contributed by atoms with Gasteiger partial charge in [-0.1, -0.05) is 18.2 Å². The first-order chi connectivity index (χ1) is 8.25. The molecule has 2 aliphatic carbocycles. The van der Waals surface area contributed by atoms with Crippen LogP contribution in [0.5, 0.6) is 0 Å². The number of nitrogens with two attached hydrogens (primary N) is 1. The number of nitrogens with zero attached hydrogens (tertiary/aromatic N) is 1. The number of hydrogen-bond acceptors (Lipinski definition) is 2. The predicted octanol–water partition coefficient (Wildman–Crippen LogP) is 3.09. The molecule has 0 bridgehead atoms. The third kappa shape index (κ3) is 2.47. The topological polar surface area (TPSA) is 29.3 Å². The Balaban J connectivity index is 1.87. The van der Waals surface area contributed by atoms with Crippen molar-refractivity contribution in [2.75, 3.05) is 11.4 Å². The number of rotatable bonds is 5. The van der Waals surface area contributed by atoms with E-state index < -0.39 is 0 Å². The van der Waals surface area contributed by atoms with Gasteiger partial charge in [0.05, 0.1) is 0 Å². The highest BCUT2D eigenvalue weighted by Crippen LogP contribution is 2.39. The Morgan fingerprint density at radius 1 is 1.24 bits per heavy atom. The summed E-state index contributed by atoms with van der Waals surface area (Å²) in [5.74, 6) is 0.941. The standard InChI is InChI=1S/C15H22N2/c1-11(16)14-4-2-3-5-15(14)17(13-8-9-13)10-12-6-7-12/h2-5,11-13H,6-10,16H2,1H3/t11-/m1/s1. The van der Waals surface area contributed by atoms with E-state index >= 15 is 0 Å². The van der Waals surface area contributed by atoms with E-state index in [0.717, 1.165) is 12.0 Å². The molecule has 2 heteroatoms. The second-order valence-corrected chi connectivity index (χ2v) is 5.67. The maximum atomic E-state index is 6.09. The summed E-state index contributed by atoms with van der Waals surface area (Å²) >= 11 is 0. The van der Waals surface area contributed by atoms with Gasteiger partial charge in [-0.2, -0.15) is 0 Å². The monoisotopic (exact) mass is 230 g/mol. The first kappa shape index (κ1) is 11.1. The summed E-state index contributed by atoms with van der Waals surface area (Å²) in [6, 6.07) is 9.59. The maximum Gasteiger partial charge on any atom is 0.0417 e. The Kier molecular flexibility index (Phi) is 2.83. The Morgan fingerprint density at radius 3 is 2.53 bits per heavy atom. The van der Waals surface area contributed by atoms with E-state index in [1.165, 1.54) is 43.5 Å². The lowest BCUT2D eigenvalue weighted by atomic mass is 10.1. The van der Waals surface area contributed by atoms with Gasteiger partial charge >= 0.3 is 0 Å². The summed E-state index contributed by atoms with van der Waals surface area (Å²) in [7, 11) is 0. The van der Waals surface area contributed by atoms with Crippen molar-refractivity contribution >= 4 is 5.69 Å². The fourth-order valence-electron chi connectivity index (χ4n) is 2.54. The van der Waals surface area contributed by atoms with Crippen LogP contribution in [-0.2, 0) is 0 Å². The van der Waals surface area contributed by atoms with Crippen molar-refractivity contribution in [1.29, 1.82) is 0 Å².